The number of rotatable bonds is 5. The van der Waals surface area contributed by atoms with Crippen LogP contribution in [0.15, 0.2) is 58.3 Å². The van der Waals surface area contributed by atoms with Gasteiger partial charge in [-0.25, -0.2) is 0 Å². The van der Waals surface area contributed by atoms with Crippen LogP contribution in [0.5, 0.6) is 0 Å². The molecule has 0 saturated heterocycles. The van der Waals surface area contributed by atoms with Crippen molar-refractivity contribution in [3.63, 3.8) is 0 Å². The summed E-state index contributed by atoms with van der Waals surface area (Å²) in [5, 5.41) is 0. The molecule has 0 atom stereocenters. The van der Waals surface area contributed by atoms with Crippen molar-refractivity contribution in [3.05, 3.63) is 48.5 Å². The normalized spacial score (nSPS) is 12.5. The minimum absolute atomic E-state index is 0.852. The minimum atomic E-state index is 0.852. The molecule has 0 N–H and O–H groups in total. The Kier molecular flexibility index (Phi) is 5.28. The third-order valence-corrected chi connectivity index (χ3v) is 5.87. The fraction of sp³-hybridized carbons (Fsp3) is 0.333. The largest absolute Gasteiger partial charge is 0.298 e. The molecule has 2 aromatic carbocycles. The van der Waals surface area contributed by atoms with E-state index in [4.69, 9.17) is 0 Å². The quantitative estimate of drug-likeness (QED) is 0.564. The molecule has 0 fully saturated rings. The maximum Gasteiger partial charge on any atom is 0.132 e. The van der Waals surface area contributed by atoms with Gasteiger partial charge in [-0.3, -0.25) is 8.97 Å². The molecule has 2 aromatic rings. The predicted molar refractivity (Wildman–Crippen MR) is 104 cm³/mol. The topological polar surface area (TPSA) is 0 Å². The molecule has 0 aliphatic heterocycles. The Morgan fingerprint density at radius 2 is 0.773 bits per heavy atom. The van der Waals surface area contributed by atoms with E-state index in [0.29, 0.717) is 0 Å². The zero-order valence-corrected chi connectivity index (χ0v) is 16.0. The van der Waals surface area contributed by atoms with Crippen LogP contribution >= 0.6 is 21.6 Å². The fourth-order valence-corrected chi connectivity index (χ4v) is 3.92. The van der Waals surface area contributed by atoms with Crippen LogP contribution in [0.2, 0.25) is 0 Å². The van der Waals surface area contributed by atoms with E-state index in [9.17, 15) is 0 Å². The zero-order valence-electron chi connectivity index (χ0n) is 14.3. The van der Waals surface area contributed by atoms with Crippen molar-refractivity contribution in [2.45, 2.75) is 9.79 Å². The van der Waals surface area contributed by atoms with Crippen molar-refractivity contribution in [3.8, 4) is 0 Å². The van der Waals surface area contributed by atoms with Crippen molar-refractivity contribution < 1.29 is 0 Å². The second-order valence-electron chi connectivity index (χ2n) is 7.18. The Bertz CT molecular complexity index is 548. The van der Waals surface area contributed by atoms with E-state index in [1.807, 2.05) is 21.6 Å². The first-order valence-corrected chi connectivity index (χ1v) is 9.50. The Hall–Kier alpha value is -0.940. The van der Waals surface area contributed by atoms with Crippen LogP contribution in [0.4, 0.5) is 11.4 Å². The summed E-state index contributed by atoms with van der Waals surface area (Å²) in [6.07, 6.45) is 0. The molecule has 0 bridgehead atoms. The minimum Gasteiger partial charge on any atom is -0.298 e. The SMILES string of the molecule is C[N+](C)(C)c1ccc(SSc2ccc([N+](C)(C)C)cc2)cc1. The number of hydrogen-bond donors (Lipinski definition) is 0. The summed E-state index contributed by atoms with van der Waals surface area (Å²) in [6.45, 7) is 0. The van der Waals surface area contributed by atoms with E-state index in [1.165, 1.54) is 21.2 Å². The summed E-state index contributed by atoms with van der Waals surface area (Å²) in [7, 11) is 16.7. The number of quaternary nitrogens is 2. The van der Waals surface area contributed by atoms with Crippen LogP contribution in [0, 0.1) is 0 Å². The number of hydrogen-bond acceptors (Lipinski definition) is 2. The van der Waals surface area contributed by atoms with Gasteiger partial charge < -0.3 is 0 Å². The molecule has 4 heteroatoms. The molecule has 118 valence electrons. The lowest BCUT2D eigenvalue weighted by atomic mass is 10.3. The van der Waals surface area contributed by atoms with Crippen molar-refractivity contribution >= 4 is 33.0 Å². The lowest BCUT2D eigenvalue weighted by molar-refractivity contribution is 0.486. The summed E-state index contributed by atoms with van der Waals surface area (Å²) in [4.78, 5) is 2.58. The summed E-state index contributed by atoms with van der Waals surface area (Å²) in [6, 6.07) is 17.7. The lowest BCUT2D eigenvalue weighted by Crippen LogP contribution is -2.34. The summed E-state index contributed by atoms with van der Waals surface area (Å²) in [5.74, 6) is 0. The molecule has 0 aliphatic carbocycles. The van der Waals surface area contributed by atoms with Gasteiger partial charge in [0.2, 0.25) is 0 Å². The van der Waals surface area contributed by atoms with Gasteiger partial charge in [-0.15, -0.1) is 0 Å². The van der Waals surface area contributed by atoms with E-state index in [2.05, 4.69) is 90.8 Å². The molecule has 0 saturated carbocycles. The van der Waals surface area contributed by atoms with Crippen molar-refractivity contribution in [2.75, 3.05) is 42.3 Å². The molecule has 22 heavy (non-hydrogen) atoms. The highest BCUT2D eigenvalue weighted by Gasteiger charge is 2.12. The average molecular weight is 335 g/mol. The van der Waals surface area contributed by atoms with Gasteiger partial charge in [-0.1, -0.05) is 21.6 Å². The smallest absolute Gasteiger partial charge is 0.132 e. The molecule has 0 unspecified atom stereocenters. The molecular formula is C18H26N2S2+2. The molecule has 0 aromatic heterocycles. The van der Waals surface area contributed by atoms with Gasteiger partial charge in [0.1, 0.15) is 11.4 Å². The standard InChI is InChI=1S/C18H26N2S2/c1-19(2,3)15-7-11-17(12-8-15)21-22-18-13-9-16(10-14-18)20(4,5)6/h7-14H,1-6H3/q+2. The Labute approximate surface area is 142 Å². The monoisotopic (exact) mass is 334 g/mol. The third-order valence-electron chi connectivity index (χ3n) is 3.46. The number of nitrogens with zero attached hydrogens (tertiary/aromatic N) is 2. The van der Waals surface area contributed by atoms with Gasteiger partial charge in [0, 0.05) is 34.1 Å². The van der Waals surface area contributed by atoms with E-state index in [-0.39, 0.29) is 0 Å². The first-order chi connectivity index (χ1) is 10.2. The first-order valence-electron chi connectivity index (χ1n) is 7.35. The zero-order chi connectivity index (χ0) is 16.4. The summed E-state index contributed by atoms with van der Waals surface area (Å²) >= 11 is 0. The van der Waals surface area contributed by atoms with Crippen LogP contribution in [-0.2, 0) is 0 Å². The molecule has 2 rings (SSSR count). The van der Waals surface area contributed by atoms with E-state index in [0.717, 1.165) is 8.97 Å². The van der Waals surface area contributed by atoms with Crippen molar-refractivity contribution in [2.24, 2.45) is 0 Å². The summed E-state index contributed by atoms with van der Waals surface area (Å²) in [5.41, 5.74) is 2.64. The highest BCUT2D eigenvalue weighted by Crippen LogP contribution is 2.38. The van der Waals surface area contributed by atoms with Gasteiger partial charge in [0.05, 0.1) is 42.3 Å². The highest BCUT2D eigenvalue weighted by atomic mass is 33.1. The molecule has 2 nitrogen and oxygen atoms in total. The van der Waals surface area contributed by atoms with E-state index < -0.39 is 0 Å². The Balaban J connectivity index is 1.98. The van der Waals surface area contributed by atoms with Gasteiger partial charge in [-0.05, 0) is 24.3 Å². The maximum absolute atomic E-state index is 2.21. The lowest BCUT2D eigenvalue weighted by Gasteiger charge is -2.23. The Morgan fingerprint density at radius 3 is 1.00 bits per heavy atom. The average Bonchev–Trinajstić information content (AvgIpc) is 2.44. The van der Waals surface area contributed by atoms with Gasteiger partial charge >= 0.3 is 0 Å². The van der Waals surface area contributed by atoms with Crippen LogP contribution in [0.3, 0.4) is 0 Å². The van der Waals surface area contributed by atoms with E-state index in [1.54, 1.807) is 0 Å². The highest BCUT2D eigenvalue weighted by molar-refractivity contribution is 8.76. The molecule has 0 radical (unpaired) electrons. The van der Waals surface area contributed by atoms with Crippen LogP contribution < -0.4 is 8.97 Å². The summed E-state index contributed by atoms with van der Waals surface area (Å²) < 4.78 is 1.70. The molecule has 0 spiro atoms. The third kappa shape index (κ3) is 4.78. The predicted octanol–water partition coefficient (Wildman–Crippen LogP) is 4.88. The maximum atomic E-state index is 2.21. The van der Waals surface area contributed by atoms with E-state index >= 15 is 0 Å². The van der Waals surface area contributed by atoms with Gasteiger partial charge in [0.15, 0.2) is 0 Å². The van der Waals surface area contributed by atoms with Gasteiger partial charge in [-0.2, -0.15) is 0 Å². The molecule has 0 heterocycles. The Morgan fingerprint density at radius 1 is 0.500 bits per heavy atom. The molecular weight excluding hydrogens is 308 g/mol. The van der Waals surface area contributed by atoms with Gasteiger partial charge in [0.25, 0.3) is 0 Å². The molecule has 0 amide bonds. The fourth-order valence-electron chi connectivity index (χ4n) is 1.99. The van der Waals surface area contributed by atoms with Crippen molar-refractivity contribution in [1.82, 2.24) is 8.97 Å². The van der Waals surface area contributed by atoms with Crippen LogP contribution in [0.25, 0.3) is 0 Å². The second-order valence-corrected chi connectivity index (χ2v) is 9.46. The molecule has 0 aliphatic rings. The second kappa shape index (κ2) is 6.67. The van der Waals surface area contributed by atoms with Crippen LogP contribution in [-0.4, -0.2) is 42.3 Å². The number of benzene rings is 2. The van der Waals surface area contributed by atoms with Crippen LogP contribution in [0.1, 0.15) is 0 Å². The first kappa shape index (κ1) is 17.4. The van der Waals surface area contributed by atoms with Crippen molar-refractivity contribution in [1.29, 1.82) is 0 Å².